The Labute approximate surface area is 164 Å². The van der Waals surface area contributed by atoms with Crippen LogP contribution in [0.4, 0.5) is 0 Å². The van der Waals surface area contributed by atoms with Crippen molar-refractivity contribution < 1.29 is 28.5 Å². The summed E-state index contributed by atoms with van der Waals surface area (Å²) in [5.74, 6) is 2.39. The number of hydrogen-bond donors (Lipinski definition) is 1. The molecule has 0 saturated carbocycles. The van der Waals surface area contributed by atoms with Crippen molar-refractivity contribution in [3.05, 3.63) is 41.5 Å². The third-order valence-electron chi connectivity index (χ3n) is 3.90. The Balaban J connectivity index is 2.05. The van der Waals surface area contributed by atoms with Gasteiger partial charge in [-0.1, -0.05) is 6.07 Å². The van der Waals surface area contributed by atoms with Gasteiger partial charge in [-0.2, -0.15) is 5.10 Å². The molecule has 0 spiro atoms. The van der Waals surface area contributed by atoms with Crippen molar-refractivity contribution in [2.45, 2.75) is 6.42 Å². The lowest BCUT2D eigenvalue weighted by Crippen LogP contribution is -2.19. The summed E-state index contributed by atoms with van der Waals surface area (Å²) < 4.78 is 26.3. The summed E-state index contributed by atoms with van der Waals surface area (Å²) in [6, 6.07) is 8.75. The second-order valence-electron chi connectivity index (χ2n) is 5.62. The lowest BCUT2D eigenvalue weighted by Gasteiger charge is -2.12. The van der Waals surface area contributed by atoms with E-state index in [1.165, 1.54) is 27.5 Å². The van der Waals surface area contributed by atoms with Crippen molar-refractivity contribution in [2.24, 2.45) is 5.10 Å². The molecule has 28 heavy (non-hydrogen) atoms. The smallest absolute Gasteiger partial charge is 0.244 e. The van der Waals surface area contributed by atoms with Gasteiger partial charge in [-0.15, -0.1) is 0 Å². The van der Waals surface area contributed by atoms with Crippen LogP contribution in [-0.2, 0) is 11.2 Å². The molecule has 0 bridgehead atoms. The van der Waals surface area contributed by atoms with Gasteiger partial charge in [-0.05, 0) is 29.8 Å². The van der Waals surface area contributed by atoms with Crippen LogP contribution in [0.5, 0.6) is 28.7 Å². The maximum absolute atomic E-state index is 12.1. The lowest BCUT2D eigenvalue weighted by atomic mass is 10.1. The highest BCUT2D eigenvalue weighted by molar-refractivity contribution is 5.85. The molecule has 8 nitrogen and oxygen atoms in total. The number of rotatable bonds is 9. The molecule has 2 rings (SSSR count). The van der Waals surface area contributed by atoms with Gasteiger partial charge in [-0.3, -0.25) is 4.79 Å². The third-order valence-corrected chi connectivity index (χ3v) is 3.90. The molecular formula is C20H24N2O6. The van der Waals surface area contributed by atoms with Gasteiger partial charge in [0.05, 0.1) is 48.2 Å². The molecule has 1 N–H and O–H groups in total. The molecule has 0 radical (unpaired) electrons. The van der Waals surface area contributed by atoms with E-state index in [2.05, 4.69) is 10.5 Å². The number of nitrogens with one attached hydrogen (secondary N) is 1. The molecule has 0 aliphatic carbocycles. The van der Waals surface area contributed by atoms with E-state index < -0.39 is 0 Å². The molecule has 0 unspecified atom stereocenters. The van der Waals surface area contributed by atoms with Gasteiger partial charge in [0, 0.05) is 5.56 Å². The van der Waals surface area contributed by atoms with Gasteiger partial charge in [0.1, 0.15) is 0 Å². The van der Waals surface area contributed by atoms with E-state index >= 15 is 0 Å². The molecule has 0 saturated heterocycles. The molecule has 0 heterocycles. The van der Waals surface area contributed by atoms with E-state index in [1.807, 2.05) is 0 Å². The summed E-state index contributed by atoms with van der Waals surface area (Å²) in [6.07, 6.45) is 1.64. The van der Waals surface area contributed by atoms with Crippen molar-refractivity contribution in [1.29, 1.82) is 0 Å². The van der Waals surface area contributed by atoms with E-state index in [9.17, 15) is 4.79 Å². The monoisotopic (exact) mass is 388 g/mol. The number of methoxy groups -OCH3 is 5. The number of hydrogen-bond acceptors (Lipinski definition) is 7. The molecule has 2 aromatic carbocycles. The zero-order chi connectivity index (χ0) is 20.5. The molecule has 2 aromatic rings. The molecule has 1 amide bonds. The first kappa shape index (κ1) is 20.9. The Morgan fingerprint density at radius 1 is 0.857 bits per heavy atom. The van der Waals surface area contributed by atoms with Crippen molar-refractivity contribution in [1.82, 2.24) is 5.43 Å². The van der Waals surface area contributed by atoms with Crippen LogP contribution in [0.15, 0.2) is 35.4 Å². The Bertz CT molecular complexity index is 826. The molecular weight excluding hydrogens is 364 g/mol. The highest BCUT2D eigenvalue weighted by Crippen LogP contribution is 2.37. The van der Waals surface area contributed by atoms with Gasteiger partial charge in [0.15, 0.2) is 23.0 Å². The maximum atomic E-state index is 12.1. The van der Waals surface area contributed by atoms with Crippen LogP contribution in [0.1, 0.15) is 11.1 Å². The van der Waals surface area contributed by atoms with E-state index in [4.69, 9.17) is 23.7 Å². The topological polar surface area (TPSA) is 87.6 Å². The minimum absolute atomic E-state index is 0.146. The zero-order valence-electron chi connectivity index (χ0n) is 16.6. The Hall–Kier alpha value is -3.42. The quantitative estimate of drug-likeness (QED) is 0.524. The first-order valence-corrected chi connectivity index (χ1v) is 8.39. The molecule has 150 valence electrons. The average molecular weight is 388 g/mol. The molecule has 0 atom stereocenters. The molecule has 0 fully saturated rings. The number of amides is 1. The van der Waals surface area contributed by atoms with Crippen molar-refractivity contribution in [3.63, 3.8) is 0 Å². The summed E-state index contributed by atoms with van der Waals surface area (Å²) in [7, 11) is 7.69. The van der Waals surface area contributed by atoms with E-state index in [1.54, 1.807) is 44.6 Å². The van der Waals surface area contributed by atoms with Gasteiger partial charge in [0.2, 0.25) is 11.7 Å². The average Bonchev–Trinajstić information content (AvgIpc) is 2.72. The van der Waals surface area contributed by atoms with Crippen molar-refractivity contribution >= 4 is 12.1 Å². The van der Waals surface area contributed by atoms with Gasteiger partial charge < -0.3 is 23.7 Å². The van der Waals surface area contributed by atoms with Gasteiger partial charge >= 0.3 is 0 Å². The minimum Gasteiger partial charge on any atom is -0.493 e. The first-order chi connectivity index (χ1) is 13.6. The number of carbonyl (C=O) groups is 1. The van der Waals surface area contributed by atoms with Crippen LogP contribution in [0, 0.1) is 0 Å². The predicted molar refractivity (Wildman–Crippen MR) is 105 cm³/mol. The highest BCUT2D eigenvalue weighted by atomic mass is 16.5. The molecule has 0 aromatic heterocycles. The number of carbonyl (C=O) groups excluding carboxylic acids is 1. The zero-order valence-corrected chi connectivity index (χ0v) is 16.6. The fourth-order valence-electron chi connectivity index (χ4n) is 2.57. The number of benzene rings is 2. The van der Waals surface area contributed by atoms with Crippen LogP contribution in [0.2, 0.25) is 0 Å². The summed E-state index contributed by atoms with van der Waals surface area (Å²) in [5, 5.41) is 3.99. The van der Waals surface area contributed by atoms with Crippen LogP contribution >= 0.6 is 0 Å². The Morgan fingerprint density at radius 3 is 2.00 bits per heavy atom. The van der Waals surface area contributed by atoms with Crippen LogP contribution in [0.3, 0.4) is 0 Å². The summed E-state index contributed by atoms with van der Waals surface area (Å²) in [5.41, 5.74) is 3.95. The van der Waals surface area contributed by atoms with Crippen LogP contribution in [-0.4, -0.2) is 47.7 Å². The largest absolute Gasteiger partial charge is 0.493 e. The SMILES string of the molecule is COc1ccc(CC(=O)N/N=C/c2cc(OC)c(OC)c(OC)c2)cc1OC. The Kier molecular flexibility index (Phi) is 7.50. The number of nitrogens with zero attached hydrogens (tertiary/aromatic N) is 1. The van der Waals surface area contributed by atoms with E-state index in [0.29, 0.717) is 34.3 Å². The number of ether oxygens (including phenoxy) is 5. The predicted octanol–water partition coefficient (Wildman–Crippen LogP) is 2.42. The summed E-state index contributed by atoms with van der Waals surface area (Å²) in [6.45, 7) is 0. The number of hydrazone groups is 1. The fourth-order valence-corrected chi connectivity index (χ4v) is 2.57. The van der Waals surface area contributed by atoms with E-state index in [-0.39, 0.29) is 12.3 Å². The minimum atomic E-state index is -0.268. The standard InChI is InChI=1S/C20H24N2O6/c1-24-15-7-6-13(8-16(15)25-2)11-19(23)22-21-12-14-9-17(26-3)20(28-5)18(10-14)27-4/h6-10,12H,11H2,1-5H3,(H,22,23)/b21-12+. The maximum Gasteiger partial charge on any atom is 0.244 e. The molecule has 0 aliphatic rings. The lowest BCUT2D eigenvalue weighted by molar-refractivity contribution is -0.120. The van der Waals surface area contributed by atoms with Crippen molar-refractivity contribution in [3.8, 4) is 28.7 Å². The summed E-state index contributed by atoms with van der Waals surface area (Å²) in [4.78, 5) is 12.1. The highest BCUT2D eigenvalue weighted by Gasteiger charge is 2.12. The first-order valence-electron chi connectivity index (χ1n) is 8.39. The Morgan fingerprint density at radius 2 is 1.46 bits per heavy atom. The van der Waals surface area contributed by atoms with Gasteiger partial charge in [-0.25, -0.2) is 5.43 Å². The third kappa shape index (κ3) is 5.06. The van der Waals surface area contributed by atoms with Crippen LogP contribution < -0.4 is 29.1 Å². The fraction of sp³-hybridized carbons (Fsp3) is 0.300. The molecule has 8 heteroatoms. The van der Waals surface area contributed by atoms with E-state index in [0.717, 1.165) is 5.56 Å². The molecule has 0 aliphatic heterocycles. The summed E-state index contributed by atoms with van der Waals surface area (Å²) >= 11 is 0. The second kappa shape index (κ2) is 10.1. The second-order valence-corrected chi connectivity index (χ2v) is 5.62. The van der Waals surface area contributed by atoms with Crippen molar-refractivity contribution in [2.75, 3.05) is 35.5 Å². The van der Waals surface area contributed by atoms with Crippen LogP contribution in [0.25, 0.3) is 0 Å². The normalized spacial score (nSPS) is 10.5. The van der Waals surface area contributed by atoms with Gasteiger partial charge in [0.25, 0.3) is 0 Å².